The Hall–Kier alpha value is -0.520. The Morgan fingerprint density at radius 1 is 1.57 bits per heavy atom. The zero-order valence-corrected chi connectivity index (χ0v) is 9.27. The molecule has 1 aromatic heterocycles. The standard InChI is InChI=1S/C9H16N2O2S/c1-3-4-7-10-8(6(13)5-12)9(11-7)14-2/h6,12-13H,3-5H2,1-2H3,(H,10,11). The van der Waals surface area contributed by atoms with E-state index in [2.05, 4.69) is 16.9 Å². The average molecular weight is 216 g/mol. The first-order valence-corrected chi connectivity index (χ1v) is 5.87. The van der Waals surface area contributed by atoms with E-state index < -0.39 is 6.10 Å². The van der Waals surface area contributed by atoms with Crippen molar-refractivity contribution in [3.05, 3.63) is 11.5 Å². The molecular weight excluding hydrogens is 200 g/mol. The molecule has 80 valence electrons. The topological polar surface area (TPSA) is 69.1 Å². The predicted octanol–water partition coefficient (Wildman–Crippen LogP) is 1.11. The van der Waals surface area contributed by atoms with Crippen LogP contribution in [0.3, 0.4) is 0 Å². The van der Waals surface area contributed by atoms with Crippen LogP contribution < -0.4 is 0 Å². The lowest BCUT2D eigenvalue weighted by atomic mass is 10.3. The maximum Gasteiger partial charge on any atom is 0.120 e. The van der Waals surface area contributed by atoms with Crippen molar-refractivity contribution in [2.45, 2.75) is 30.9 Å². The summed E-state index contributed by atoms with van der Waals surface area (Å²) in [4.78, 5) is 7.37. The molecule has 0 bridgehead atoms. The second kappa shape index (κ2) is 5.38. The third kappa shape index (κ3) is 2.50. The van der Waals surface area contributed by atoms with E-state index in [1.807, 2.05) is 6.26 Å². The summed E-state index contributed by atoms with van der Waals surface area (Å²) >= 11 is 1.47. The van der Waals surface area contributed by atoms with Gasteiger partial charge in [0.25, 0.3) is 0 Å². The van der Waals surface area contributed by atoms with Gasteiger partial charge in [-0.1, -0.05) is 6.92 Å². The van der Waals surface area contributed by atoms with Crippen LogP contribution in [0.2, 0.25) is 0 Å². The van der Waals surface area contributed by atoms with Gasteiger partial charge in [-0.2, -0.15) is 0 Å². The Balaban J connectivity index is 2.90. The van der Waals surface area contributed by atoms with Gasteiger partial charge >= 0.3 is 0 Å². The van der Waals surface area contributed by atoms with Crippen molar-refractivity contribution in [2.24, 2.45) is 0 Å². The van der Waals surface area contributed by atoms with Crippen LogP contribution in [0.25, 0.3) is 0 Å². The Labute approximate surface area is 87.8 Å². The third-order valence-electron chi connectivity index (χ3n) is 1.93. The predicted molar refractivity (Wildman–Crippen MR) is 56.4 cm³/mol. The van der Waals surface area contributed by atoms with E-state index in [0.717, 1.165) is 23.7 Å². The molecule has 0 saturated heterocycles. The highest BCUT2D eigenvalue weighted by molar-refractivity contribution is 7.98. The minimum atomic E-state index is -0.851. The number of rotatable bonds is 5. The highest BCUT2D eigenvalue weighted by atomic mass is 32.2. The fourth-order valence-corrected chi connectivity index (χ4v) is 1.86. The molecule has 5 heteroatoms. The van der Waals surface area contributed by atoms with Gasteiger partial charge in [0.1, 0.15) is 17.0 Å². The fourth-order valence-electron chi connectivity index (χ4n) is 1.25. The number of aromatic nitrogens is 2. The van der Waals surface area contributed by atoms with Gasteiger partial charge in [-0.25, -0.2) is 4.98 Å². The zero-order chi connectivity index (χ0) is 10.6. The normalized spacial score (nSPS) is 13.1. The molecule has 0 fully saturated rings. The molecule has 4 nitrogen and oxygen atoms in total. The van der Waals surface area contributed by atoms with E-state index in [1.165, 1.54) is 11.8 Å². The summed E-state index contributed by atoms with van der Waals surface area (Å²) in [6.07, 6.45) is 2.93. The van der Waals surface area contributed by atoms with Crippen LogP contribution in [0.1, 0.15) is 31.0 Å². The van der Waals surface area contributed by atoms with Gasteiger partial charge in [0, 0.05) is 6.42 Å². The fraction of sp³-hybridized carbons (Fsp3) is 0.667. The van der Waals surface area contributed by atoms with Gasteiger partial charge < -0.3 is 15.2 Å². The summed E-state index contributed by atoms with van der Waals surface area (Å²) in [6.45, 7) is 1.80. The number of hydrogen-bond acceptors (Lipinski definition) is 4. The number of nitrogens with zero attached hydrogens (tertiary/aromatic N) is 1. The summed E-state index contributed by atoms with van der Waals surface area (Å²) in [7, 11) is 0. The zero-order valence-electron chi connectivity index (χ0n) is 8.45. The SMILES string of the molecule is CCCc1nc(SC)c(C(O)CO)[nH]1. The van der Waals surface area contributed by atoms with Gasteiger partial charge in [-0.3, -0.25) is 0 Å². The van der Waals surface area contributed by atoms with Crippen molar-refractivity contribution in [3.8, 4) is 0 Å². The average Bonchev–Trinajstić information content (AvgIpc) is 2.60. The van der Waals surface area contributed by atoms with Crippen molar-refractivity contribution in [3.63, 3.8) is 0 Å². The molecular formula is C9H16N2O2S. The number of imidazole rings is 1. The van der Waals surface area contributed by atoms with Gasteiger partial charge in [0.15, 0.2) is 0 Å². The number of aliphatic hydroxyl groups is 2. The summed E-state index contributed by atoms with van der Waals surface area (Å²) in [5, 5.41) is 19.1. The molecule has 1 heterocycles. The van der Waals surface area contributed by atoms with Gasteiger partial charge in [0.2, 0.25) is 0 Å². The highest BCUT2D eigenvalue weighted by Crippen LogP contribution is 2.23. The number of aliphatic hydroxyl groups excluding tert-OH is 2. The summed E-state index contributed by atoms with van der Waals surface area (Å²) < 4.78 is 0. The van der Waals surface area contributed by atoms with Crippen molar-refractivity contribution in [2.75, 3.05) is 12.9 Å². The summed E-state index contributed by atoms with van der Waals surface area (Å²) in [5.41, 5.74) is 0.628. The van der Waals surface area contributed by atoms with Crippen molar-refractivity contribution >= 4 is 11.8 Å². The first kappa shape index (κ1) is 11.6. The van der Waals surface area contributed by atoms with Gasteiger partial charge in [0.05, 0.1) is 12.3 Å². The molecule has 1 aromatic rings. The Kier molecular flexibility index (Phi) is 4.44. The molecule has 1 rings (SSSR count). The number of nitrogens with one attached hydrogen (secondary N) is 1. The molecule has 0 spiro atoms. The summed E-state index contributed by atoms with van der Waals surface area (Å²) in [6, 6.07) is 0. The molecule has 0 aliphatic heterocycles. The van der Waals surface area contributed by atoms with E-state index in [9.17, 15) is 5.11 Å². The van der Waals surface area contributed by atoms with Gasteiger partial charge in [-0.15, -0.1) is 11.8 Å². The van der Waals surface area contributed by atoms with E-state index in [-0.39, 0.29) is 6.61 Å². The lowest BCUT2D eigenvalue weighted by Crippen LogP contribution is -2.04. The maximum atomic E-state index is 9.49. The maximum absolute atomic E-state index is 9.49. The molecule has 1 atom stereocenters. The molecule has 0 radical (unpaired) electrons. The molecule has 0 aromatic carbocycles. The Bertz CT molecular complexity index is 288. The van der Waals surface area contributed by atoms with Crippen LogP contribution in [-0.2, 0) is 6.42 Å². The van der Waals surface area contributed by atoms with Gasteiger partial charge in [-0.05, 0) is 12.7 Å². The third-order valence-corrected chi connectivity index (χ3v) is 2.63. The smallest absolute Gasteiger partial charge is 0.120 e. The largest absolute Gasteiger partial charge is 0.393 e. The molecule has 0 amide bonds. The number of aryl methyl sites for hydroxylation is 1. The minimum Gasteiger partial charge on any atom is -0.393 e. The van der Waals surface area contributed by atoms with E-state index >= 15 is 0 Å². The molecule has 0 saturated carbocycles. The highest BCUT2D eigenvalue weighted by Gasteiger charge is 2.15. The minimum absolute atomic E-state index is 0.276. The van der Waals surface area contributed by atoms with Crippen LogP contribution in [0.5, 0.6) is 0 Å². The quantitative estimate of drug-likeness (QED) is 0.645. The first-order valence-electron chi connectivity index (χ1n) is 4.64. The van der Waals surface area contributed by atoms with Crippen molar-refractivity contribution in [1.29, 1.82) is 0 Å². The molecule has 0 aliphatic rings. The molecule has 3 N–H and O–H groups in total. The van der Waals surface area contributed by atoms with E-state index in [0.29, 0.717) is 5.69 Å². The Morgan fingerprint density at radius 2 is 2.29 bits per heavy atom. The van der Waals surface area contributed by atoms with E-state index in [1.54, 1.807) is 0 Å². The number of thioether (sulfide) groups is 1. The lowest BCUT2D eigenvalue weighted by molar-refractivity contribution is 0.0903. The summed E-state index contributed by atoms with van der Waals surface area (Å²) in [5.74, 6) is 0.874. The second-order valence-electron chi connectivity index (χ2n) is 3.05. The van der Waals surface area contributed by atoms with Crippen molar-refractivity contribution < 1.29 is 10.2 Å². The molecule has 0 aliphatic carbocycles. The monoisotopic (exact) mass is 216 g/mol. The number of hydrogen-bond donors (Lipinski definition) is 3. The first-order chi connectivity index (χ1) is 6.72. The lowest BCUT2D eigenvalue weighted by Gasteiger charge is -2.04. The second-order valence-corrected chi connectivity index (χ2v) is 3.85. The van der Waals surface area contributed by atoms with Crippen molar-refractivity contribution in [1.82, 2.24) is 9.97 Å². The number of H-pyrrole nitrogens is 1. The van der Waals surface area contributed by atoms with E-state index in [4.69, 9.17) is 5.11 Å². The van der Waals surface area contributed by atoms with Crippen LogP contribution >= 0.6 is 11.8 Å². The van der Waals surface area contributed by atoms with Crippen LogP contribution in [0.4, 0.5) is 0 Å². The number of aromatic amines is 1. The molecule has 1 unspecified atom stereocenters. The van der Waals surface area contributed by atoms with Crippen LogP contribution in [-0.4, -0.2) is 33.0 Å². The van der Waals surface area contributed by atoms with Crippen LogP contribution in [0, 0.1) is 0 Å². The Morgan fingerprint density at radius 3 is 2.79 bits per heavy atom. The van der Waals surface area contributed by atoms with Crippen LogP contribution in [0.15, 0.2) is 5.03 Å². The molecule has 14 heavy (non-hydrogen) atoms.